The number of amides is 1. The molecule has 1 amide bonds. The van der Waals surface area contributed by atoms with Gasteiger partial charge in [-0.25, -0.2) is 9.79 Å². The molecule has 0 spiro atoms. The van der Waals surface area contributed by atoms with Crippen LogP contribution in [0.1, 0.15) is 18.1 Å². The van der Waals surface area contributed by atoms with Crippen molar-refractivity contribution in [3.63, 3.8) is 0 Å². The molecular weight excluding hydrogens is 356 g/mol. The van der Waals surface area contributed by atoms with Crippen LogP contribution in [-0.4, -0.2) is 22.8 Å². The van der Waals surface area contributed by atoms with E-state index in [4.69, 9.17) is 21.2 Å². The van der Waals surface area contributed by atoms with Crippen LogP contribution in [0.25, 0.3) is 0 Å². The lowest BCUT2D eigenvalue weighted by molar-refractivity contribution is -0.172. The first-order valence-corrected chi connectivity index (χ1v) is 8.16. The second-order valence-corrected chi connectivity index (χ2v) is 5.87. The number of aliphatic imine (C=N–C) groups is 1. The Labute approximate surface area is 155 Å². The first-order valence-electron chi connectivity index (χ1n) is 7.78. The van der Waals surface area contributed by atoms with Gasteiger partial charge in [-0.15, -0.1) is 0 Å². The predicted octanol–water partition coefficient (Wildman–Crippen LogP) is 3.47. The maximum Gasteiger partial charge on any atom is 0.365 e. The van der Waals surface area contributed by atoms with Crippen LogP contribution in [-0.2, 0) is 25.8 Å². The Bertz CT molecular complexity index is 876. The van der Waals surface area contributed by atoms with Gasteiger partial charge in [0.05, 0.1) is 6.20 Å². The molecule has 0 saturated heterocycles. The third-order valence-electron chi connectivity index (χ3n) is 3.47. The van der Waals surface area contributed by atoms with Gasteiger partial charge in [-0.05, 0) is 29.8 Å². The largest absolute Gasteiger partial charge is 0.402 e. The fraction of sp³-hybridized carbons (Fsp3) is 0.105. The Kier molecular flexibility index (Phi) is 5.46. The highest BCUT2D eigenvalue weighted by molar-refractivity contribution is 6.30. The van der Waals surface area contributed by atoms with Crippen LogP contribution in [0.4, 0.5) is 0 Å². The van der Waals surface area contributed by atoms with E-state index in [1.54, 1.807) is 36.4 Å². The highest BCUT2D eigenvalue weighted by Gasteiger charge is 2.25. The van der Waals surface area contributed by atoms with Gasteiger partial charge in [-0.1, -0.05) is 41.9 Å². The van der Waals surface area contributed by atoms with E-state index in [-0.39, 0.29) is 18.2 Å². The molecule has 1 heterocycles. The molecule has 26 heavy (non-hydrogen) atoms. The molecule has 0 atom stereocenters. The zero-order chi connectivity index (χ0) is 18.5. The van der Waals surface area contributed by atoms with Crippen LogP contribution in [0.5, 0.6) is 0 Å². The standard InChI is InChI=1S/C19H15ClN2O4/c1-13(23)22(25-12-14-7-9-16(20)10-8-14)11-17-19(24)26-18(21-17)15-5-3-2-4-6-15/h2-11H,12H2,1H3. The van der Waals surface area contributed by atoms with Gasteiger partial charge in [-0.3, -0.25) is 9.63 Å². The summed E-state index contributed by atoms with van der Waals surface area (Å²) in [4.78, 5) is 33.4. The zero-order valence-electron chi connectivity index (χ0n) is 13.9. The summed E-state index contributed by atoms with van der Waals surface area (Å²) in [6.07, 6.45) is 1.22. The van der Waals surface area contributed by atoms with Crippen molar-refractivity contribution in [3.05, 3.63) is 82.6 Å². The minimum atomic E-state index is -0.648. The summed E-state index contributed by atoms with van der Waals surface area (Å²) in [5.74, 6) is -0.865. The van der Waals surface area contributed by atoms with Crippen molar-refractivity contribution in [1.29, 1.82) is 0 Å². The molecule has 7 heteroatoms. The van der Waals surface area contributed by atoms with Crippen molar-refractivity contribution in [2.75, 3.05) is 0 Å². The van der Waals surface area contributed by atoms with Gasteiger partial charge in [-0.2, -0.15) is 5.06 Å². The van der Waals surface area contributed by atoms with E-state index in [0.717, 1.165) is 10.6 Å². The Morgan fingerprint density at radius 2 is 1.88 bits per heavy atom. The number of cyclic esters (lactones) is 1. The van der Waals surface area contributed by atoms with E-state index in [1.807, 2.05) is 18.2 Å². The maximum atomic E-state index is 12.0. The number of rotatable bonds is 5. The molecule has 0 unspecified atom stereocenters. The van der Waals surface area contributed by atoms with Gasteiger partial charge in [0.25, 0.3) is 0 Å². The van der Waals surface area contributed by atoms with E-state index in [0.29, 0.717) is 10.6 Å². The molecule has 0 bridgehead atoms. The van der Waals surface area contributed by atoms with E-state index in [1.165, 1.54) is 13.1 Å². The van der Waals surface area contributed by atoms with Gasteiger partial charge >= 0.3 is 5.97 Å². The smallest absolute Gasteiger partial charge is 0.365 e. The average molecular weight is 371 g/mol. The Morgan fingerprint density at radius 3 is 2.54 bits per heavy atom. The molecule has 132 valence electrons. The van der Waals surface area contributed by atoms with Crippen molar-refractivity contribution < 1.29 is 19.2 Å². The van der Waals surface area contributed by atoms with Crippen molar-refractivity contribution in [2.24, 2.45) is 4.99 Å². The van der Waals surface area contributed by atoms with Gasteiger partial charge in [0, 0.05) is 17.5 Å². The number of nitrogens with zero attached hydrogens (tertiary/aromatic N) is 2. The molecule has 2 aromatic carbocycles. The number of hydroxylamine groups is 2. The number of hydrogen-bond donors (Lipinski definition) is 0. The Balaban J connectivity index is 1.75. The van der Waals surface area contributed by atoms with Gasteiger partial charge in [0.15, 0.2) is 5.70 Å². The minimum Gasteiger partial charge on any atom is -0.402 e. The second-order valence-electron chi connectivity index (χ2n) is 5.43. The van der Waals surface area contributed by atoms with Crippen LogP contribution in [0.2, 0.25) is 5.02 Å². The highest BCUT2D eigenvalue weighted by Crippen LogP contribution is 2.18. The van der Waals surface area contributed by atoms with Crippen LogP contribution in [0.3, 0.4) is 0 Å². The first kappa shape index (κ1) is 17.8. The molecule has 0 aromatic heterocycles. The van der Waals surface area contributed by atoms with E-state index in [2.05, 4.69) is 4.99 Å². The lowest BCUT2D eigenvalue weighted by Gasteiger charge is -2.16. The summed E-state index contributed by atoms with van der Waals surface area (Å²) >= 11 is 5.84. The lowest BCUT2D eigenvalue weighted by Crippen LogP contribution is -2.24. The van der Waals surface area contributed by atoms with E-state index < -0.39 is 11.9 Å². The second kappa shape index (κ2) is 7.95. The normalized spacial score (nSPS) is 14.9. The van der Waals surface area contributed by atoms with Gasteiger partial charge < -0.3 is 4.74 Å². The summed E-state index contributed by atoms with van der Waals surface area (Å²) in [7, 11) is 0. The molecule has 2 aromatic rings. The molecule has 0 N–H and O–H groups in total. The highest BCUT2D eigenvalue weighted by atomic mass is 35.5. The SMILES string of the molecule is CC(=O)N(C=C1N=C(c2ccccc2)OC1=O)OCc1ccc(Cl)cc1. The van der Waals surface area contributed by atoms with Crippen LogP contribution in [0.15, 0.2) is 71.5 Å². The molecule has 0 fully saturated rings. The van der Waals surface area contributed by atoms with Crippen molar-refractivity contribution in [3.8, 4) is 0 Å². The monoisotopic (exact) mass is 370 g/mol. The molecule has 6 nitrogen and oxygen atoms in total. The summed E-state index contributed by atoms with van der Waals surface area (Å²) in [5.41, 5.74) is 1.47. The van der Waals surface area contributed by atoms with Crippen LogP contribution < -0.4 is 0 Å². The average Bonchev–Trinajstić information content (AvgIpc) is 3.01. The molecule has 1 aliphatic heterocycles. The number of hydrogen-bond acceptors (Lipinski definition) is 5. The number of ether oxygens (including phenoxy) is 1. The molecular formula is C19H15ClN2O4. The molecule has 3 rings (SSSR count). The minimum absolute atomic E-state index is 0.0184. The first-order chi connectivity index (χ1) is 12.5. The number of halogens is 1. The Hall–Kier alpha value is -2.96. The summed E-state index contributed by atoms with van der Waals surface area (Å²) in [6.45, 7) is 1.45. The van der Waals surface area contributed by atoms with Gasteiger partial charge in [0.2, 0.25) is 11.8 Å². The van der Waals surface area contributed by atoms with E-state index in [9.17, 15) is 9.59 Å². The molecule has 0 saturated carbocycles. The molecule has 1 aliphatic rings. The predicted molar refractivity (Wildman–Crippen MR) is 95.9 cm³/mol. The van der Waals surface area contributed by atoms with Crippen molar-refractivity contribution in [1.82, 2.24) is 5.06 Å². The lowest BCUT2D eigenvalue weighted by atomic mass is 10.2. The van der Waals surface area contributed by atoms with Crippen molar-refractivity contribution >= 4 is 29.4 Å². The van der Waals surface area contributed by atoms with Crippen LogP contribution >= 0.6 is 11.6 Å². The quantitative estimate of drug-likeness (QED) is 0.459. The van der Waals surface area contributed by atoms with Crippen molar-refractivity contribution in [2.45, 2.75) is 13.5 Å². The number of carbonyl (C=O) groups is 2. The number of esters is 1. The number of carbonyl (C=O) groups excluding carboxylic acids is 2. The Morgan fingerprint density at radius 1 is 1.19 bits per heavy atom. The number of benzene rings is 2. The van der Waals surface area contributed by atoms with Crippen LogP contribution in [0, 0.1) is 0 Å². The molecule has 0 aliphatic carbocycles. The fourth-order valence-corrected chi connectivity index (χ4v) is 2.28. The van der Waals surface area contributed by atoms with Gasteiger partial charge in [0.1, 0.15) is 6.61 Å². The topological polar surface area (TPSA) is 68.2 Å². The molecule has 0 radical (unpaired) electrons. The maximum absolute atomic E-state index is 12.0. The summed E-state index contributed by atoms with van der Waals surface area (Å²) in [6, 6.07) is 16.0. The fourth-order valence-electron chi connectivity index (χ4n) is 2.16. The zero-order valence-corrected chi connectivity index (χ0v) is 14.6. The summed E-state index contributed by atoms with van der Waals surface area (Å²) in [5, 5.41) is 1.57. The third kappa shape index (κ3) is 4.36. The third-order valence-corrected chi connectivity index (χ3v) is 3.73. The van der Waals surface area contributed by atoms with E-state index >= 15 is 0 Å². The summed E-state index contributed by atoms with van der Waals surface area (Å²) < 4.78 is 5.15.